The molecule has 0 spiro atoms. The van der Waals surface area contributed by atoms with Crippen molar-refractivity contribution in [1.29, 1.82) is 0 Å². The van der Waals surface area contributed by atoms with E-state index in [1.807, 2.05) is 18.2 Å². The molecule has 0 fully saturated rings. The van der Waals surface area contributed by atoms with Crippen LogP contribution in [0.5, 0.6) is 5.75 Å². The third kappa shape index (κ3) is 3.20. The lowest BCUT2D eigenvalue weighted by molar-refractivity contribution is -0.114. The molecule has 1 rings (SSSR count). The molecule has 0 bridgehead atoms. The Morgan fingerprint density at radius 1 is 1.53 bits per heavy atom. The quantitative estimate of drug-likeness (QED) is 0.785. The van der Waals surface area contributed by atoms with Crippen LogP contribution in [0, 0.1) is 0 Å². The van der Waals surface area contributed by atoms with Crippen molar-refractivity contribution in [3.63, 3.8) is 0 Å². The predicted molar refractivity (Wildman–Crippen MR) is 64.2 cm³/mol. The highest BCUT2D eigenvalue weighted by atomic mass is 79.9. The largest absolute Gasteiger partial charge is 0.496 e. The third-order valence-corrected chi connectivity index (χ3v) is 2.56. The number of rotatable bonds is 4. The number of ether oxygens (including phenoxy) is 1. The van der Waals surface area contributed by atoms with E-state index in [4.69, 9.17) is 4.74 Å². The molecule has 2 nitrogen and oxygen atoms in total. The van der Waals surface area contributed by atoms with Crippen molar-refractivity contribution in [3.8, 4) is 5.75 Å². The monoisotopic (exact) mass is 268 g/mol. The van der Waals surface area contributed by atoms with Gasteiger partial charge in [0.05, 0.1) is 7.11 Å². The maximum Gasteiger partial charge on any atom is 0.162 e. The van der Waals surface area contributed by atoms with Gasteiger partial charge in [0.25, 0.3) is 0 Å². The number of hydrogen-bond donors (Lipinski definition) is 0. The molecule has 80 valence electrons. The molecule has 1 aromatic rings. The van der Waals surface area contributed by atoms with Gasteiger partial charge in [0.1, 0.15) is 5.75 Å². The van der Waals surface area contributed by atoms with Crippen LogP contribution in [-0.4, -0.2) is 12.9 Å². The van der Waals surface area contributed by atoms with Crippen LogP contribution in [0.3, 0.4) is 0 Å². The first kappa shape index (κ1) is 12.0. The fourth-order valence-electron chi connectivity index (χ4n) is 1.21. The summed E-state index contributed by atoms with van der Waals surface area (Å²) in [6.07, 6.45) is 0.331. The number of halogens is 1. The summed E-state index contributed by atoms with van der Waals surface area (Å²) in [6, 6.07) is 5.61. The number of carbonyl (C=O) groups excluding carboxylic acids is 1. The maximum atomic E-state index is 11.5. The van der Waals surface area contributed by atoms with Crippen molar-refractivity contribution in [2.24, 2.45) is 0 Å². The highest BCUT2D eigenvalue weighted by molar-refractivity contribution is 9.10. The van der Waals surface area contributed by atoms with Gasteiger partial charge in [-0.1, -0.05) is 22.5 Å². The zero-order valence-corrected chi connectivity index (χ0v) is 10.4. The fourth-order valence-corrected chi connectivity index (χ4v) is 1.62. The fraction of sp³-hybridized carbons (Fsp3) is 0.250. The van der Waals surface area contributed by atoms with Crippen molar-refractivity contribution in [1.82, 2.24) is 0 Å². The Hall–Kier alpha value is -1.09. The summed E-state index contributed by atoms with van der Waals surface area (Å²) in [4.78, 5) is 11.5. The van der Waals surface area contributed by atoms with Gasteiger partial charge in [0, 0.05) is 16.5 Å². The van der Waals surface area contributed by atoms with Gasteiger partial charge in [-0.05, 0) is 30.7 Å². The van der Waals surface area contributed by atoms with Gasteiger partial charge in [0.15, 0.2) is 5.78 Å². The summed E-state index contributed by atoms with van der Waals surface area (Å²) in [5, 5.41) is 0. The molecule has 0 atom stereocenters. The number of allylic oxidation sites excluding steroid dienone is 1. The molecule has 0 N–H and O–H groups in total. The molecule has 3 heteroatoms. The third-order valence-electron chi connectivity index (χ3n) is 2.07. The van der Waals surface area contributed by atoms with E-state index in [1.165, 1.54) is 0 Å². The molecule has 1 aromatic carbocycles. The summed E-state index contributed by atoms with van der Waals surface area (Å²) < 4.78 is 6.12. The lowest BCUT2D eigenvalue weighted by Crippen LogP contribution is -2.04. The van der Waals surface area contributed by atoms with Crippen LogP contribution >= 0.6 is 15.9 Å². The first-order valence-electron chi connectivity index (χ1n) is 4.55. The van der Waals surface area contributed by atoms with E-state index in [9.17, 15) is 4.79 Å². The SMILES string of the molecule is C=C(C)C(=O)Cc1cc(Br)ccc1OC. The lowest BCUT2D eigenvalue weighted by Gasteiger charge is -2.08. The van der Waals surface area contributed by atoms with Crippen LogP contribution in [0.1, 0.15) is 12.5 Å². The first-order chi connectivity index (χ1) is 7.04. The van der Waals surface area contributed by atoms with Crippen LogP contribution < -0.4 is 4.74 Å². The molecule has 0 saturated heterocycles. The Kier molecular flexibility index (Phi) is 4.09. The summed E-state index contributed by atoms with van der Waals surface area (Å²) >= 11 is 3.36. The highest BCUT2D eigenvalue weighted by Crippen LogP contribution is 2.24. The van der Waals surface area contributed by atoms with Gasteiger partial charge in [-0.15, -0.1) is 0 Å². The molecule has 0 saturated carbocycles. The van der Waals surface area contributed by atoms with Crippen molar-refractivity contribution in [3.05, 3.63) is 40.4 Å². The van der Waals surface area contributed by atoms with E-state index in [0.29, 0.717) is 12.0 Å². The molecular weight excluding hydrogens is 256 g/mol. The number of benzene rings is 1. The van der Waals surface area contributed by atoms with Crippen LogP contribution in [0.25, 0.3) is 0 Å². The minimum Gasteiger partial charge on any atom is -0.496 e. The second-order valence-electron chi connectivity index (χ2n) is 3.34. The molecule has 0 aromatic heterocycles. The molecule has 0 radical (unpaired) electrons. The van der Waals surface area contributed by atoms with Gasteiger partial charge < -0.3 is 4.74 Å². The van der Waals surface area contributed by atoms with E-state index >= 15 is 0 Å². The molecule has 0 aliphatic rings. The predicted octanol–water partition coefficient (Wildman–Crippen LogP) is 3.15. The van der Waals surface area contributed by atoms with E-state index < -0.39 is 0 Å². The molecule has 0 amide bonds. The number of ketones is 1. The maximum absolute atomic E-state index is 11.5. The Morgan fingerprint density at radius 3 is 2.73 bits per heavy atom. The van der Waals surface area contributed by atoms with Crippen LogP contribution in [0.4, 0.5) is 0 Å². The lowest BCUT2D eigenvalue weighted by atomic mass is 10.0. The van der Waals surface area contributed by atoms with Gasteiger partial charge in [-0.3, -0.25) is 4.79 Å². The van der Waals surface area contributed by atoms with E-state index in [1.54, 1.807) is 14.0 Å². The Bertz CT molecular complexity index is 397. The summed E-state index contributed by atoms with van der Waals surface area (Å²) in [5.74, 6) is 0.763. The normalized spacial score (nSPS) is 9.80. The van der Waals surface area contributed by atoms with Crippen molar-refractivity contribution in [2.45, 2.75) is 13.3 Å². The first-order valence-corrected chi connectivity index (χ1v) is 5.35. The molecule has 0 heterocycles. The number of methoxy groups -OCH3 is 1. The standard InChI is InChI=1S/C12H13BrO2/c1-8(2)11(14)7-9-6-10(13)4-5-12(9)15-3/h4-6H,1,7H2,2-3H3. The average molecular weight is 269 g/mol. The molecule has 0 unspecified atom stereocenters. The highest BCUT2D eigenvalue weighted by Gasteiger charge is 2.09. The summed E-state index contributed by atoms with van der Waals surface area (Å²) in [7, 11) is 1.60. The average Bonchev–Trinajstić information content (AvgIpc) is 2.18. The van der Waals surface area contributed by atoms with Gasteiger partial charge >= 0.3 is 0 Å². The van der Waals surface area contributed by atoms with E-state index in [0.717, 1.165) is 15.8 Å². The van der Waals surface area contributed by atoms with Crippen LogP contribution in [-0.2, 0) is 11.2 Å². The van der Waals surface area contributed by atoms with Crippen molar-refractivity contribution >= 4 is 21.7 Å². The smallest absolute Gasteiger partial charge is 0.162 e. The zero-order chi connectivity index (χ0) is 11.4. The Labute approximate surface area is 98.1 Å². The van der Waals surface area contributed by atoms with Gasteiger partial charge in [-0.25, -0.2) is 0 Å². The van der Waals surface area contributed by atoms with Crippen molar-refractivity contribution < 1.29 is 9.53 Å². The summed E-state index contributed by atoms with van der Waals surface area (Å²) in [5.41, 5.74) is 1.44. The van der Waals surface area contributed by atoms with Gasteiger partial charge in [-0.2, -0.15) is 0 Å². The molecular formula is C12H13BrO2. The molecule has 0 aliphatic heterocycles. The Balaban J connectivity index is 2.97. The van der Waals surface area contributed by atoms with E-state index in [-0.39, 0.29) is 5.78 Å². The minimum absolute atomic E-state index is 0.0337. The zero-order valence-electron chi connectivity index (χ0n) is 8.84. The number of Topliss-reactive ketones (excluding diaryl/α,β-unsaturated/α-hetero) is 1. The van der Waals surface area contributed by atoms with Crippen molar-refractivity contribution in [2.75, 3.05) is 7.11 Å². The Morgan fingerprint density at radius 2 is 2.20 bits per heavy atom. The van der Waals surface area contributed by atoms with Crippen LogP contribution in [0.2, 0.25) is 0 Å². The molecule has 0 aliphatic carbocycles. The minimum atomic E-state index is 0.0337. The second-order valence-corrected chi connectivity index (χ2v) is 4.25. The van der Waals surface area contributed by atoms with Crippen LogP contribution in [0.15, 0.2) is 34.8 Å². The topological polar surface area (TPSA) is 26.3 Å². The van der Waals surface area contributed by atoms with E-state index in [2.05, 4.69) is 22.5 Å². The van der Waals surface area contributed by atoms with Gasteiger partial charge in [0.2, 0.25) is 0 Å². The molecule has 15 heavy (non-hydrogen) atoms. The number of hydrogen-bond acceptors (Lipinski definition) is 2. The number of carbonyl (C=O) groups is 1. The second kappa shape index (κ2) is 5.12. The summed E-state index contributed by atoms with van der Waals surface area (Å²) in [6.45, 7) is 5.34.